The highest BCUT2D eigenvalue weighted by Gasteiger charge is 2.17. The minimum Gasteiger partial charge on any atom is -0.504 e. The fourth-order valence-electron chi connectivity index (χ4n) is 2.58. The first-order valence-electron chi connectivity index (χ1n) is 6.38. The summed E-state index contributed by atoms with van der Waals surface area (Å²) < 4.78 is 1.36. The molecule has 0 saturated carbocycles. The van der Waals surface area contributed by atoms with Gasteiger partial charge in [0.1, 0.15) is 0 Å². The van der Waals surface area contributed by atoms with Crippen molar-refractivity contribution < 1.29 is 20.4 Å². The molecule has 3 rings (SSSR count). The molecule has 0 unspecified atom stereocenters. The maximum Gasteiger partial charge on any atom is 0.262 e. The third kappa shape index (κ3) is 1.69. The van der Waals surface area contributed by atoms with Crippen molar-refractivity contribution in [3.05, 3.63) is 34.6 Å². The number of nitrogens with zero attached hydrogens (tertiary/aromatic N) is 1. The van der Waals surface area contributed by atoms with Gasteiger partial charge in [0.05, 0.1) is 10.9 Å². The Kier molecular flexibility index (Phi) is 2.69. The van der Waals surface area contributed by atoms with Gasteiger partial charge in [-0.15, -0.1) is 0 Å². The van der Waals surface area contributed by atoms with Crippen molar-refractivity contribution >= 4 is 21.7 Å². The number of pyridine rings is 1. The summed E-state index contributed by atoms with van der Waals surface area (Å²) >= 11 is 0. The Morgan fingerprint density at radius 3 is 2.29 bits per heavy atom. The molecule has 0 aliphatic carbocycles. The second kappa shape index (κ2) is 4.31. The Labute approximate surface area is 118 Å². The zero-order chi connectivity index (χ0) is 15.3. The molecule has 0 atom stereocenters. The van der Waals surface area contributed by atoms with Gasteiger partial charge in [-0.2, -0.15) is 0 Å². The molecular formula is C15H13NO5. The van der Waals surface area contributed by atoms with Gasteiger partial charge in [-0.3, -0.25) is 4.79 Å². The molecule has 6 heteroatoms. The molecule has 0 fully saturated rings. The number of phenolic OH excluding ortho intramolecular Hbond substituents is 4. The summed E-state index contributed by atoms with van der Waals surface area (Å²) in [6, 6.07) is 5.40. The third-order valence-electron chi connectivity index (χ3n) is 3.61. The van der Waals surface area contributed by atoms with Crippen LogP contribution in [0.2, 0.25) is 0 Å². The van der Waals surface area contributed by atoms with Gasteiger partial charge in [0.2, 0.25) is 0 Å². The van der Waals surface area contributed by atoms with Crippen LogP contribution in [0.15, 0.2) is 29.1 Å². The number of hydrogen-bond acceptors (Lipinski definition) is 5. The van der Waals surface area contributed by atoms with E-state index in [1.54, 1.807) is 6.92 Å². The van der Waals surface area contributed by atoms with Gasteiger partial charge in [-0.05, 0) is 25.1 Å². The number of rotatable bonds is 1. The fraction of sp³-hybridized carbons (Fsp3) is 0.133. The molecule has 0 radical (unpaired) electrons. The number of benzene rings is 2. The van der Waals surface area contributed by atoms with E-state index in [0.29, 0.717) is 22.8 Å². The van der Waals surface area contributed by atoms with Gasteiger partial charge < -0.3 is 25.0 Å². The monoisotopic (exact) mass is 287 g/mol. The molecule has 108 valence electrons. The Morgan fingerprint density at radius 2 is 1.62 bits per heavy atom. The summed E-state index contributed by atoms with van der Waals surface area (Å²) in [5.41, 5.74) is -0.0334. The first-order chi connectivity index (χ1) is 9.95. The third-order valence-corrected chi connectivity index (χ3v) is 3.61. The number of aryl methyl sites for hydroxylation is 1. The SMILES string of the molecule is CCn1c(=O)c2c(O)c(O)ccc2c2cc(O)c(O)cc21. The number of hydrogen-bond donors (Lipinski definition) is 4. The molecule has 0 spiro atoms. The number of fused-ring (bicyclic) bond motifs is 3. The Balaban J connectivity index is 2.70. The predicted octanol–water partition coefficient (Wildman–Crippen LogP) is 2.00. The van der Waals surface area contributed by atoms with E-state index >= 15 is 0 Å². The molecule has 6 nitrogen and oxygen atoms in total. The van der Waals surface area contributed by atoms with Crippen molar-refractivity contribution in [1.29, 1.82) is 0 Å². The summed E-state index contributed by atoms with van der Waals surface area (Å²) in [7, 11) is 0. The lowest BCUT2D eigenvalue weighted by Gasteiger charge is -2.13. The fourth-order valence-corrected chi connectivity index (χ4v) is 2.58. The molecule has 2 aromatic carbocycles. The molecule has 3 aromatic rings. The van der Waals surface area contributed by atoms with Crippen LogP contribution >= 0.6 is 0 Å². The predicted molar refractivity (Wildman–Crippen MR) is 78.0 cm³/mol. The smallest absolute Gasteiger partial charge is 0.262 e. The highest BCUT2D eigenvalue weighted by atomic mass is 16.3. The number of aromatic hydroxyl groups is 4. The highest BCUT2D eigenvalue weighted by molar-refractivity contribution is 6.09. The number of phenols is 4. The molecule has 0 bridgehead atoms. The van der Waals surface area contributed by atoms with Crippen molar-refractivity contribution in [2.24, 2.45) is 0 Å². The van der Waals surface area contributed by atoms with E-state index in [1.807, 2.05) is 0 Å². The summed E-state index contributed by atoms with van der Waals surface area (Å²) in [5.74, 6) is -1.53. The summed E-state index contributed by atoms with van der Waals surface area (Å²) in [6.45, 7) is 2.06. The average molecular weight is 287 g/mol. The normalized spacial score (nSPS) is 11.3. The minimum atomic E-state index is -0.492. The first-order valence-corrected chi connectivity index (χ1v) is 6.38. The van der Waals surface area contributed by atoms with Crippen molar-refractivity contribution in [2.45, 2.75) is 13.5 Å². The molecule has 0 amide bonds. The van der Waals surface area contributed by atoms with Crippen molar-refractivity contribution in [3.63, 3.8) is 0 Å². The van der Waals surface area contributed by atoms with E-state index in [4.69, 9.17) is 0 Å². The molecular weight excluding hydrogens is 274 g/mol. The molecule has 21 heavy (non-hydrogen) atoms. The van der Waals surface area contributed by atoms with Crippen LogP contribution in [0, 0.1) is 0 Å². The second-order valence-electron chi connectivity index (χ2n) is 4.76. The number of aromatic nitrogens is 1. The Morgan fingerprint density at radius 1 is 0.952 bits per heavy atom. The topological polar surface area (TPSA) is 103 Å². The van der Waals surface area contributed by atoms with E-state index in [2.05, 4.69) is 0 Å². The van der Waals surface area contributed by atoms with Crippen LogP contribution in [-0.2, 0) is 6.54 Å². The van der Waals surface area contributed by atoms with E-state index in [0.717, 1.165) is 0 Å². The largest absolute Gasteiger partial charge is 0.504 e. The van der Waals surface area contributed by atoms with Crippen LogP contribution < -0.4 is 5.56 Å². The van der Waals surface area contributed by atoms with E-state index in [-0.39, 0.29) is 22.6 Å². The van der Waals surface area contributed by atoms with Gasteiger partial charge in [0.15, 0.2) is 23.0 Å². The van der Waals surface area contributed by atoms with Gasteiger partial charge in [0.25, 0.3) is 5.56 Å². The van der Waals surface area contributed by atoms with Crippen LogP contribution in [0.1, 0.15) is 6.92 Å². The van der Waals surface area contributed by atoms with Gasteiger partial charge >= 0.3 is 0 Å². The summed E-state index contributed by atoms with van der Waals surface area (Å²) in [5, 5.41) is 39.8. The lowest BCUT2D eigenvalue weighted by molar-refractivity contribution is 0.404. The zero-order valence-electron chi connectivity index (χ0n) is 11.2. The van der Waals surface area contributed by atoms with Crippen molar-refractivity contribution in [1.82, 2.24) is 4.57 Å². The van der Waals surface area contributed by atoms with E-state index in [1.165, 1.54) is 28.8 Å². The molecule has 1 heterocycles. The minimum absolute atomic E-state index is 0.0190. The summed E-state index contributed by atoms with van der Waals surface area (Å²) in [6.07, 6.45) is 0. The van der Waals surface area contributed by atoms with E-state index < -0.39 is 11.3 Å². The standard InChI is InChI=1S/C15H13NO5/c1-2-16-9-6-12(19)11(18)5-8(9)7-3-4-10(17)14(20)13(7)15(16)21/h3-6,17-20H,2H2,1H3. The molecule has 0 saturated heterocycles. The van der Waals surface area contributed by atoms with Crippen LogP contribution in [0.4, 0.5) is 0 Å². The summed E-state index contributed by atoms with van der Waals surface area (Å²) in [4.78, 5) is 12.5. The lowest BCUT2D eigenvalue weighted by atomic mass is 10.0. The van der Waals surface area contributed by atoms with E-state index in [9.17, 15) is 25.2 Å². The Bertz CT molecular complexity index is 943. The van der Waals surface area contributed by atoms with Gasteiger partial charge in [-0.1, -0.05) is 0 Å². The maximum absolute atomic E-state index is 12.5. The lowest BCUT2D eigenvalue weighted by Crippen LogP contribution is -2.20. The van der Waals surface area contributed by atoms with Crippen LogP contribution in [0.25, 0.3) is 21.7 Å². The average Bonchev–Trinajstić information content (AvgIpc) is 2.45. The van der Waals surface area contributed by atoms with Crippen LogP contribution in [0.3, 0.4) is 0 Å². The van der Waals surface area contributed by atoms with Crippen molar-refractivity contribution in [3.8, 4) is 23.0 Å². The molecule has 0 aliphatic heterocycles. The van der Waals surface area contributed by atoms with Crippen LogP contribution in [-0.4, -0.2) is 25.0 Å². The van der Waals surface area contributed by atoms with Crippen LogP contribution in [0.5, 0.6) is 23.0 Å². The highest BCUT2D eigenvalue weighted by Crippen LogP contribution is 2.38. The molecule has 1 aromatic heterocycles. The maximum atomic E-state index is 12.5. The van der Waals surface area contributed by atoms with Crippen molar-refractivity contribution in [2.75, 3.05) is 0 Å². The second-order valence-corrected chi connectivity index (χ2v) is 4.76. The Hall–Kier alpha value is -2.89. The van der Waals surface area contributed by atoms with Gasteiger partial charge in [0, 0.05) is 23.4 Å². The first kappa shape index (κ1) is 13.1. The quantitative estimate of drug-likeness (QED) is 0.405. The molecule has 4 N–H and O–H groups in total. The van der Waals surface area contributed by atoms with Gasteiger partial charge in [-0.25, -0.2) is 0 Å². The zero-order valence-corrected chi connectivity index (χ0v) is 11.2. The molecule has 0 aliphatic rings.